The number of aliphatic carboxylic acids is 1. The van der Waals surface area contributed by atoms with Crippen LogP contribution in [0, 0.1) is 0 Å². The van der Waals surface area contributed by atoms with Crippen LogP contribution in [0.4, 0.5) is 74.6 Å². The Balaban J connectivity index is 0. The zero-order valence-corrected chi connectivity index (χ0v) is 18.2. The van der Waals surface area contributed by atoms with Gasteiger partial charge in [0.15, 0.2) is 0 Å². The number of carbonyl (C=O) groups is 1. The first-order valence-electron chi connectivity index (χ1n) is 8.30. The van der Waals surface area contributed by atoms with Gasteiger partial charge in [-0.25, -0.2) is 17.9 Å². The summed E-state index contributed by atoms with van der Waals surface area (Å²) in [4.78, 5) is 9.83. The zero-order chi connectivity index (χ0) is 31.1. The van der Waals surface area contributed by atoms with Crippen LogP contribution in [0.5, 0.6) is 0 Å². The monoisotopic (exact) mass is 613 g/mol. The molecule has 0 fully saturated rings. The van der Waals surface area contributed by atoms with Crippen LogP contribution in [0.15, 0.2) is 12.2 Å². The summed E-state index contributed by atoms with van der Waals surface area (Å²) in [7, 11) is -7.36. The maximum absolute atomic E-state index is 13.2. The molecule has 0 amide bonds. The Morgan fingerprint density at radius 1 is 0.676 bits per heavy atom. The van der Waals surface area contributed by atoms with E-state index in [2.05, 4.69) is 6.58 Å². The van der Waals surface area contributed by atoms with Gasteiger partial charge < -0.3 is 5.11 Å². The lowest BCUT2D eigenvalue weighted by atomic mass is 9.91. The number of nitrogens with one attached hydrogen (secondary N) is 1. The fourth-order valence-electron chi connectivity index (χ4n) is 1.60. The third-order valence-electron chi connectivity index (χ3n) is 4.03. The van der Waals surface area contributed by atoms with E-state index in [1.807, 2.05) is 0 Å². The van der Waals surface area contributed by atoms with Crippen LogP contribution >= 0.6 is 0 Å². The molecule has 0 saturated heterocycles. The van der Waals surface area contributed by atoms with Crippen molar-refractivity contribution in [2.24, 2.45) is 0 Å². The Bertz CT molecular complexity index is 956. The number of carboxylic acids is 1. The van der Waals surface area contributed by atoms with Crippen molar-refractivity contribution in [1.82, 2.24) is 4.72 Å². The summed E-state index contributed by atoms with van der Waals surface area (Å²) in [5.41, 5.74) is 0.264. The van der Waals surface area contributed by atoms with E-state index in [1.165, 1.54) is 0 Å². The third-order valence-corrected chi connectivity index (χ3v) is 5.50. The fraction of sp³-hybridized carbons (Fsp3) is 0.786. The van der Waals surface area contributed by atoms with E-state index in [9.17, 15) is 87.8 Å². The molecule has 0 aromatic heterocycles. The quantitative estimate of drug-likeness (QED) is 0.251. The average molecular weight is 613 g/mol. The summed E-state index contributed by atoms with van der Waals surface area (Å²) in [5.74, 6) is -52.3. The molecule has 0 aromatic rings. The summed E-state index contributed by atoms with van der Waals surface area (Å²) in [5, 5.41) is 0.582. The van der Waals surface area contributed by atoms with Crippen molar-refractivity contribution < 1.29 is 93.0 Å². The summed E-state index contributed by atoms with van der Waals surface area (Å²) >= 11 is 0. The summed E-state index contributed by atoms with van der Waals surface area (Å²) < 4.78 is 240. The molecule has 222 valence electrons. The Morgan fingerprint density at radius 3 is 1.14 bits per heavy atom. The van der Waals surface area contributed by atoms with Crippen molar-refractivity contribution in [1.29, 1.82) is 0 Å². The first kappa shape index (κ1) is 37.1. The maximum atomic E-state index is 13.2. The molecule has 0 bridgehead atoms. The molecule has 0 aliphatic rings. The fourth-order valence-corrected chi connectivity index (χ4v) is 2.32. The molecule has 0 aromatic carbocycles. The smallest absolute Gasteiger partial charge is 0.460 e. The van der Waals surface area contributed by atoms with Crippen molar-refractivity contribution in [3.05, 3.63) is 12.2 Å². The van der Waals surface area contributed by atoms with E-state index in [-0.39, 0.29) is 17.3 Å². The molecule has 5 nitrogen and oxygen atoms in total. The maximum Gasteiger partial charge on any atom is 0.460 e. The van der Waals surface area contributed by atoms with Crippen LogP contribution in [-0.2, 0) is 14.8 Å². The number of alkyl halides is 17. The number of rotatable bonds is 10. The lowest BCUT2D eigenvalue weighted by molar-refractivity contribution is -0.458. The van der Waals surface area contributed by atoms with E-state index >= 15 is 0 Å². The van der Waals surface area contributed by atoms with Crippen LogP contribution in [0.2, 0.25) is 0 Å². The van der Waals surface area contributed by atoms with Gasteiger partial charge >= 0.3 is 52.9 Å². The largest absolute Gasteiger partial charge is 0.478 e. The van der Waals surface area contributed by atoms with Gasteiger partial charge in [0.25, 0.3) is 10.0 Å². The average Bonchev–Trinajstić information content (AvgIpc) is 2.71. The normalized spacial score (nSPS) is 15.1. The molecular weight excluding hydrogens is 601 g/mol. The molecular formula is C14H12F17NO4S. The molecule has 0 rings (SSSR count). The second-order valence-corrected chi connectivity index (χ2v) is 8.36. The molecule has 0 atom stereocenters. The van der Waals surface area contributed by atoms with Gasteiger partial charge in [-0.05, 0) is 13.5 Å². The van der Waals surface area contributed by atoms with E-state index in [1.54, 1.807) is 6.92 Å². The van der Waals surface area contributed by atoms with Crippen molar-refractivity contribution in [3.8, 4) is 0 Å². The molecule has 0 heterocycles. The number of hydrogen-bond acceptors (Lipinski definition) is 3. The van der Waals surface area contributed by atoms with Crippen LogP contribution < -0.4 is 4.72 Å². The zero-order valence-electron chi connectivity index (χ0n) is 17.4. The van der Waals surface area contributed by atoms with E-state index in [0.717, 1.165) is 0 Å². The molecule has 37 heavy (non-hydrogen) atoms. The number of hydrogen-bond donors (Lipinski definition) is 2. The van der Waals surface area contributed by atoms with Crippen molar-refractivity contribution in [3.63, 3.8) is 0 Å². The van der Waals surface area contributed by atoms with Crippen LogP contribution in [-0.4, -0.2) is 73.5 Å². The van der Waals surface area contributed by atoms with Gasteiger partial charge in [-0.3, -0.25) is 0 Å². The van der Waals surface area contributed by atoms with Crippen molar-refractivity contribution in [2.75, 3.05) is 7.05 Å². The Kier molecular flexibility index (Phi) is 10.3. The summed E-state index contributed by atoms with van der Waals surface area (Å²) in [6, 6.07) is 0. The van der Waals surface area contributed by atoms with Crippen LogP contribution in [0.25, 0.3) is 0 Å². The molecule has 2 N–H and O–H groups in total. The molecule has 0 aliphatic heterocycles. The minimum absolute atomic E-state index is 0.184. The second-order valence-electron chi connectivity index (χ2n) is 6.43. The Morgan fingerprint density at radius 2 is 0.946 bits per heavy atom. The molecule has 0 unspecified atom stereocenters. The second kappa shape index (κ2) is 10.2. The van der Waals surface area contributed by atoms with Gasteiger partial charge in [-0.2, -0.15) is 74.6 Å². The summed E-state index contributed by atoms with van der Waals surface area (Å²) in [6.45, 7) is 5.03. The molecule has 0 radical (unpaired) electrons. The lowest BCUT2D eigenvalue weighted by Gasteiger charge is -2.42. The van der Waals surface area contributed by atoms with Gasteiger partial charge in [0, 0.05) is 5.57 Å². The molecule has 0 spiro atoms. The highest BCUT2D eigenvalue weighted by atomic mass is 32.2. The van der Waals surface area contributed by atoms with Gasteiger partial charge in [0.2, 0.25) is 0 Å². The molecule has 0 aliphatic carbocycles. The molecule has 0 saturated carbocycles. The Hall–Kier alpha value is -2.07. The number of halogens is 17. The minimum Gasteiger partial charge on any atom is -0.478 e. The van der Waals surface area contributed by atoms with Gasteiger partial charge in [0.1, 0.15) is 0 Å². The van der Waals surface area contributed by atoms with Gasteiger partial charge in [-0.1, -0.05) is 13.5 Å². The topological polar surface area (TPSA) is 83.5 Å². The van der Waals surface area contributed by atoms with E-state index in [4.69, 9.17) is 5.11 Å². The first-order valence-corrected chi connectivity index (χ1v) is 9.78. The molecule has 23 heteroatoms. The number of sulfonamides is 1. The van der Waals surface area contributed by atoms with Crippen LogP contribution in [0.1, 0.15) is 13.3 Å². The Labute approximate surface area is 194 Å². The standard InChI is InChI=1S/C9H4F17NO2S.C5H8O2/c1-27-30(28,29)9(25,26)7(20,21)5(16,17)3(12,13)2(10,11)4(14,15)6(18,19)8(22,23)24;1-3-4(2)5(6)7/h27H,1H3;2-3H2,1H3,(H,6,7). The predicted molar refractivity (Wildman–Crippen MR) is 85.7 cm³/mol. The van der Waals surface area contributed by atoms with E-state index < -0.39 is 63.0 Å². The highest BCUT2D eigenvalue weighted by molar-refractivity contribution is 7.90. The number of carboxylic acid groups (broad SMARTS) is 1. The van der Waals surface area contributed by atoms with Crippen molar-refractivity contribution >= 4 is 16.0 Å². The lowest BCUT2D eigenvalue weighted by Crippen LogP contribution is -2.75. The van der Waals surface area contributed by atoms with Crippen molar-refractivity contribution in [2.45, 2.75) is 60.3 Å². The highest BCUT2D eigenvalue weighted by Crippen LogP contribution is 2.64. The van der Waals surface area contributed by atoms with E-state index in [0.29, 0.717) is 6.42 Å². The van der Waals surface area contributed by atoms with Crippen LogP contribution in [0.3, 0.4) is 0 Å². The summed E-state index contributed by atoms with van der Waals surface area (Å²) in [6.07, 6.45) is -7.33. The first-order chi connectivity index (χ1) is 15.7. The SMILES string of the molecule is C=C(CC)C(=O)O.CNS(=O)(=O)C(F)(F)C(F)(F)C(F)(F)C(F)(F)C(F)(F)C(F)(F)C(F)(F)C(F)(F)F. The highest BCUT2D eigenvalue weighted by Gasteiger charge is 2.96. The minimum atomic E-state index is -8.81. The predicted octanol–water partition coefficient (Wildman–Crippen LogP) is 5.54. The third kappa shape index (κ3) is 5.55. The van der Waals surface area contributed by atoms with Gasteiger partial charge in [-0.15, -0.1) is 0 Å². The van der Waals surface area contributed by atoms with Gasteiger partial charge in [0.05, 0.1) is 0 Å².